The number of primary amides is 1. The summed E-state index contributed by atoms with van der Waals surface area (Å²) in [6, 6.07) is 3.84. The first kappa shape index (κ1) is 11.3. The summed E-state index contributed by atoms with van der Waals surface area (Å²) in [6.45, 7) is -0.0851. The Hall–Kier alpha value is -1.82. The van der Waals surface area contributed by atoms with Crippen molar-refractivity contribution >= 4 is 17.3 Å². The average molecular weight is 213 g/mol. The molecule has 82 valence electrons. The summed E-state index contributed by atoms with van der Waals surface area (Å²) >= 11 is 0. The fourth-order valence-electron chi connectivity index (χ4n) is 1.03. The normalized spacial score (nSPS) is 12.1. The number of aliphatic hydroxyl groups is 1. The van der Waals surface area contributed by atoms with E-state index in [4.69, 9.17) is 16.6 Å². The number of carbonyl (C=O) groups is 1. The van der Waals surface area contributed by atoms with Gasteiger partial charge in [-0.2, -0.15) is 0 Å². The van der Waals surface area contributed by atoms with Crippen LogP contribution in [0.4, 0.5) is 15.8 Å². The molecule has 0 radical (unpaired) electrons. The van der Waals surface area contributed by atoms with Crippen LogP contribution in [0.2, 0.25) is 0 Å². The largest absolute Gasteiger partial charge is 0.399 e. The Labute approximate surface area is 85.9 Å². The molecule has 0 bridgehead atoms. The zero-order chi connectivity index (χ0) is 11.4. The Morgan fingerprint density at radius 3 is 2.73 bits per heavy atom. The molecule has 0 saturated heterocycles. The van der Waals surface area contributed by atoms with Gasteiger partial charge in [0.2, 0.25) is 5.91 Å². The summed E-state index contributed by atoms with van der Waals surface area (Å²) in [5.74, 6) is -1.34. The molecule has 0 aliphatic heterocycles. The van der Waals surface area contributed by atoms with Gasteiger partial charge in [-0.15, -0.1) is 0 Å². The molecule has 0 aliphatic carbocycles. The third-order valence-electron chi connectivity index (χ3n) is 1.75. The lowest BCUT2D eigenvalue weighted by Gasteiger charge is -2.10. The fraction of sp³-hybridized carbons (Fsp3) is 0.222. The summed E-state index contributed by atoms with van der Waals surface area (Å²) in [4.78, 5) is 10.5. The molecule has 1 amide bonds. The Bertz CT molecular complexity index is 350. The average Bonchev–Trinajstić information content (AvgIpc) is 2.12. The van der Waals surface area contributed by atoms with E-state index in [1.807, 2.05) is 0 Å². The van der Waals surface area contributed by atoms with E-state index in [1.54, 1.807) is 0 Å². The summed E-state index contributed by atoms with van der Waals surface area (Å²) in [5.41, 5.74) is 10.9. The predicted molar refractivity (Wildman–Crippen MR) is 54.5 cm³/mol. The summed E-state index contributed by atoms with van der Waals surface area (Å²) < 4.78 is 12.8. The van der Waals surface area contributed by atoms with Gasteiger partial charge in [-0.05, 0) is 18.2 Å². The first-order valence-electron chi connectivity index (χ1n) is 4.26. The highest BCUT2D eigenvalue weighted by atomic mass is 19.1. The third kappa shape index (κ3) is 3.43. The van der Waals surface area contributed by atoms with Crippen LogP contribution in [0.1, 0.15) is 0 Å². The van der Waals surface area contributed by atoms with Gasteiger partial charge in [0.1, 0.15) is 11.9 Å². The molecule has 1 unspecified atom stereocenters. The van der Waals surface area contributed by atoms with Crippen LogP contribution in [0.5, 0.6) is 0 Å². The zero-order valence-electron chi connectivity index (χ0n) is 7.90. The van der Waals surface area contributed by atoms with Crippen molar-refractivity contribution in [1.29, 1.82) is 0 Å². The van der Waals surface area contributed by atoms with Crippen LogP contribution in [-0.4, -0.2) is 23.7 Å². The number of amides is 1. The van der Waals surface area contributed by atoms with Crippen LogP contribution in [-0.2, 0) is 4.79 Å². The molecular weight excluding hydrogens is 201 g/mol. The molecule has 1 aromatic rings. The monoisotopic (exact) mass is 213 g/mol. The van der Waals surface area contributed by atoms with Crippen molar-refractivity contribution in [2.75, 3.05) is 17.6 Å². The first-order chi connectivity index (χ1) is 6.99. The van der Waals surface area contributed by atoms with E-state index in [1.165, 1.54) is 12.1 Å². The minimum absolute atomic E-state index is 0.0851. The molecule has 6 heteroatoms. The van der Waals surface area contributed by atoms with Gasteiger partial charge in [0.05, 0.1) is 0 Å². The van der Waals surface area contributed by atoms with Crippen molar-refractivity contribution in [1.82, 2.24) is 0 Å². The molecule has 6 N–H and O–H groups in total. The lowest BCUT2D eigenvalue weighted by atomic mass is 10.2. The molecule has 5 nitrogen and oxygen atoms in total. The molecular formula is C9H12FN3O2. The van der Waals surface area contributed by atoms with E-state index in [-0.39, 0.29) is 12.2 Å². The van der Waals surface area contributed by atoms with Crippen molar-refractivity contribution in [3.8, 4) is 0 Å². The van der Waals surface area contributed by atoms with E-state index in [0.717, 1.165) is 6.07 Å². The van der Waals surface area contributed by atoms with Crippen molar-refractivity contribution in [3.05, 3.63) is 24.0 Å². The molecule has 0 aromatic heterocycles. The Kier molecular flexibility index (Phi) is 3.46. The maximum absolute atomic E-state index is 12.8. The van der Waals surface area contributed by atoms with Gasteiger partial charge in [0.15, 0.2) is 0 Å². The molecule has 0 spiro atoms. The fourth-order valence-corrected chi connectivity index (χ4v) is 1.03. The number of rotatable bonds is 4. The van der Waals surface area contributed by atoms with Crippen molar-refractivity contribution < 1.29 is 14.3 Å². The number of hydrogen-bond donors (Lipinski definition) is 4. The number of aliphatic hydroxyl groups excluding tert-OH is 1. The van der Waals surface area contributed by atoms with Gasteiger partial charge in [0, 0.05) is 17.9 Å². The first-order valence-corrected chi connectivity index (χ1v) is 4.26. The molecule has 0 aliphatic rings. The van der Waals surface area contributed by atoms with Crippen LogP contribution >= 0.6 is 0 Å². The Morgan fingerprint density at radius 1 is 1.53 bits per heavy atom. The highest BCUT2D eigenvalue weighted by Gasteiger charge is 2.10. The molecule has 1 aromatic carbocycles. The van der Waals surface area contributed by atoms with Gasteiger partial charge in [-0.25, -0.2) is 4.39 Å². The smallest absolute Gasteiger partial charge is 0.248 e. The SMILES string of the molecule is NC(=O)C(O)CNc1cc(N)cc(F)c1. The van der Waals surface area contributed by atoms with Crippen LogP contribution < -0.4 is 16.8 Å². The van der Waals surface area contributed by atoms with Crippen LogP contribution in [0.15, 0.2) is 18.2 Å². The van der Waals surface area contributed by atoms with Crippen LogP contribution in [0, 0.1) is 5.82 Å². The summed E-state index contributed by atoms with van der Waals surface area (Å²) in [5, 5.41) is 11.7. The second-order valence-electron chi connectivity index (χ2n) is 3.07. The molecule has 15 heavy (non-hydrogen) atoms. The summed E-state index contributed by atoms with van der Waals surface area (Å²) in [7, 11) is 0. The number of halogens is 1. The highest BCUT2D eigenvalue weighted by molar-refractivity contribution is 5.79. The molecule has 1 rings (SSSR count). The summed E-state index contributed by atoms with van der Waals surface area (Å²) in [6.07, 6.45) is -1.31. The highest BCUT2D eigenvalue weighted by Crippen LogP contribution is 2.15. The van der Waals surface area contributed by atoms with E-state index in [9.17, 15) is 9.18 Å². The second-order valence-corrected chi connectivity index (χ2v) is 3.07. The van der Waals surface area contributed by atoms with Gasteiger partial charge in [-0.3, -0.25) is 4.79 Å². The van der Waals surface area contributed by atoms with Gasteiger partial charge in [-0.1, -0.05) is 0 Å². The molecule has 0 saturated carbocycles. The van der Waals surface area contributed by atoms with Crippen molar-refractivity contribution in [2.45, 2.75) is 6.10 Å². The molecule has 0 fully saturated rings. The lowest BCUT2D eigenvalue weighted by molar-refractivity contribution is -0.125. The minimum Gasteiger partial charge on any atom is -0.399 e. The topological polar surface area (TPSA) is 101 Å². The molecule has 0 heterocycles. The standard InChI is InChI=1S/C9H12FN3O2/c10-5-1-6(11)3-7(2-5)13-4-8(14)9(12)15/h1-3,8,13-14H,4,11H2,(H2,12,15). The maximum atomic E-state index is 12.8. The van der Waals surface area contributed by atoms with Crippen LogP contribution in [0.3, 0.4) is 0 Å². The van der Waals surface area contributed by atoms with E-state index < -0.39 is 17.8 Å². The van der Waals surface area contributed by atoms with Crippen molar-refractivity contribution in [2.24, 2.45) is 5.73 Å². The number of carbonyl (C=O) groups excluding carboxylic acids is 1. The van der Waals surface area contributed by atoms with Crippen LogP contribution in [0.25, 0.3) is 0 Å². The Balaban J connectivity index is 2.61. The van der Waals surface area contributed by atoms with Crippen molar-refractivity contribution in [3.63, 3.8) is 0 Å². The van der Waals surface area contributed by atoms with Gasteiger partial charge in [0.25, 0.3) is 0 Å². The Morgan fingerprint density at radius 2 is 2.20 bits per heavy atom. The number of hydrogen-bond acceptors (Lipinski definition) is 4. The third-order valence-corrected chi connectivity index (χ3v) is 1.75. The van der Waals surface area contributed by atoms with E-state index in [2.05, 4.69) is 5.32 Å². The minimum atomic E-state index is -1.31. The number of benzene rings is 1. The predicted octanol–water partition coefficient (Wildman–Crippen LogP) is -0.334. The lowest BCUT2D eigenvalue weighted by Crippen LogP contribution is -2.34. The number of nitrogens with two attached hydrogens (primary N) is 2. The van der Waals surface area contributed by atoms with E-state index in [0.29, 0.717) is 5.69 Å². The molecule has 1 atom stereocenters. The van der Waals surface area contributed by atoms with Gasteiger partial charge >= 0.3 is 0 Å². The second kappa shape index (κ2) is 4.61. The number of nitrogens with one attached hydrogen (secondary N) is 1. The van der Waals surface area contributed by atoms with E-state index >= 15 is 0 Å². The van der Waals surface area contributed by atoms with Gasteiger partial charge < -0.3 is 21.9 Å². The quantitative estimate of drug-likeness (QED) is 0.514. The number of anilines is 2. The zero-order valence-corrected chi connectivity index (χ0v) is 7.90. The maximum Gasteiger partial charge on any atom is 0.248 e. The number of nitrogen functional groups attached to an aromatic ring is 1.